The van der Waals surface area contributed by atoms with Crippen LogP contribution in [-0.2, 0) is 11.3 Å². The van der Waals surface area contributed by atoms with Crippen molar-refractivity contribution in [3.05, 3.63) is 23.9 Å². The summed E-state index contributed by atoms with van der Waals surface area (Å²) in [6.45, 7) is 5.80. The van der Waals surface area contributed by atoms with E-state index in [9.17, 15) is 4.79 Å². The average molecular weight is 347 g/mol. The summed E-state index contributed by atoms with van der Waals surface area (Å²) in [5.74, 6) is 0.914. The summed E-state index contributed by atoms with van der Waals surface area (Å²) in [6.07, 6.45) is 4.55. The lowest BCUT2D eigenvalue weighted by Gasteiger charge is -2.35. The Labute approximate surface area is 149 Å². The molecule has 2 saturated heterocycles. The third kappa shape index (κ3) is 5.06. The maximum atomic E-state index is 12.3. The molecule has 3 rings (SSSR count). The number of nitrogens with zero attached hydrogens (tertiary/aromatic N) is 4. The van der Waals surface area contributed by atoms with Crippen molar-refractivity contribution in [3.8, 4) is 0 Å². The molecule has 2 aliphatic rings. The molecule has 0 bridgehead atoms. The van der Waals surface area contributed by atoms with Gasteiger partial charge in [0, 0.05) is 66.2 Å². The third-order valence-electron chi connectivity index (χ3n) is 4.86. The first-order chi connectivity index (χ1) is 12.1. The number of aromatic nitrogens is 1. The molecule has 0 unspecified atom stereocenters. The molecule has 138 valence electrons. The zero-order valence-corrected chi connectivity index (χ0v) is 15.3. The Bertz CT molecular complexity index is 549. The number of pyridine rings is 1. The molecule has 0 spiro atoms. The maximum absolute atomic E-state index is 12.3. The van der Waals surface area contributed by atoms with Gasteiger partial charge in [0.05, 0.1) is 6.10 Å². The van der Waals surface area contributed by atoms with Crippen LogP contribution in [0.15, 0.2) is 18.3 Å². The largest absolute Gasteiger partial charge is 0.377 e. The van der Waals surface area contributed by atoms with Crippen LogP contribution in [0.4, 0.5) is 10.6 Å². The predicted molar refractivity (Wildman–Crippen MR) is 97.8 cm³/mol. The smallest absolute Gasteiger partial charge is 0.317 e. The van der Waals surface area contributed by atoms with Crippen molar-refractivity contribution in [1.29, 1.82) is 0 Å². The van der Waals surface area contributed by atoms with Crippen LogP contribution in [0.2, 0.25) is 0 Å². The number of carbonyl (C=O) groups excluding carboxylic acids is 1. The lowest BCUT2D eigenvalue weighted by molar-refractivity contribution is 0.0561. The van der Waals surface area contributed by atoms with Gasteiger partial charge in [-0.15, -0.1) is 0 Å². The highest BCUT2D eigenvalue weighted by Gasteiger charge is 2.24. The van der Waals surface area contributed by atoms with Crippen molar-refractivity contribution >= 4 is 11.8 Å². The molecule has 7 nitrogen and oxygen atoms in total. The number of piperazine rings is 1. The van der Waals surface area contributed by atoms with Gasteiger partial charge in [-0.05, 0) is 24.5 Å². The highest BCUT2D eigenvalue weighted by molar-refractivity contribution is 5.74. The van der Waals surface area contributed by atoms with E-state index in [0.29, 0.717) is 12.6 Å². The monoisotopic (exact) mass is 347 g/mol. The Morgan fingerprint density at radius 3 is 2.72 bits per heavy atom. The summed E-state index contributed by atoms with van der Waals surface area (Å²) in [6, 6.07) is 3.97. The molecule has 1 atom stereocenters. The zero-order valence-electron chi connectivity index (χ0n) is 15.3. The highest BCUT2D eigenvalue weighted by atomic mass is 16.5. The fourth-order valence-electron chi connectivity index (χ4n) is 3.29. The van der Waals surface area contributed by atoms with Gasteiger partial charge in [0.15, 0.2) is 0 Å². The summed E-state index contributed by atoms with van der Waals surface area (Å²) in [4.78, 5) is 23.0. The van der Waals surface area contributed by atoms with E-state index in [-0.39, 0.29) is 6.03 Å². The molecule has 1 aromatic rings. The first-order valence-corrected chi connectivity index (χ1v) is 9.11. The quantitative estimate of drug-likeness (QED) is 0.866. The van der Waals surface area contributed by atoms with Crippen LogP contribution >= 0.6 is 0 Å². The molecule has 3 heterocycles. The van der Waals surface area contributed by atoms with E-state index in [0.717, 1.165) is 50.7 Å². The van der Waals surface area contributed by atoms with Crippen molar-refractivity contribution in [2.24, 2.45) is 0 Å². The Balaban J connectivity index is 1.38. The van der Waals surface area contributed by atoms with E-state index in [1.807, 2.05) is 42.2 Å². The van der Waals surface area contributed by atoms with Crippen molar-refractivity contribution in [2.75, 3.05) is 58.3 Å². The van der Waals surface area contributed by atoms with Gasteiger partial charge in [-0.1, -0.05) is 6.07 Å². The number of hydrogen-bond acceptors (Lipinski definition) is 5. The molecule has 1 N–H and O–H groups in total. The second kappa shape index (κ2) is 8.49. The van der Waals surface area contributed by atoms with Crippen molar-refractivity contribution in [1.82, 2.24) is 20.1 Å². The van der Waals surface area contributed by atoms with E-state index < -0.39 is 0 Å². The normalized spacial score (nSPS) is 21.4. The number of hydrogen-bond donors (Lipinski definition) is 1. The Kier molecular flexibility index (Phi) is 6.09. The summed E-state index contributed by atoms with van der Waals surface area (Å²) in [5, 5.41) is 3.00. The predicted octanol–water partition coefficient (Wildman–Crippen LogP) is 1.15. The number of ether oxygens (including phenoxy) is 1. The molecule has 2 amide bonds. The minimum atomic E-state index is 0.00783. The van der Waals surface area contributed by atoms with E-state index in [1.165, 1.54) is 12.8 Å². The molecule has 0 aromatic carbocycles. The lowest BCUT2D eigenvalue weighted by atomic mass is 10.2. The summed E-state index contributed by atoms with van der Waals surface area (Å²) in [5.41, 5.74) is 1.01. The summed E-state index contributed by atoms with van der Waals surface area (Å²) in [7, 11) is 3.92. The van der Waals surface area contributed by atoms with E-state index in [2.05, 4.69) is 15.2 Å². The van der Waals surface area contributed by atoms with Crippen molar-refractivity contribution in [3.63, 3.8) is 0 Å². The molecule has 2 aliphatic heterocycles. The standard InChI is InChI=1S/C18H29N5O2/c1-21(2)17-6-5-15(12-19-17)13-20-18(24)23-9-7-22(8-10-23)14-16-4-3-11-25-16/h5-6,12,16H,3-4,7-11,13-14H2,1-2H3,(H,20,24)/t16-/m1/s1. The molecule has 25 heavy (non-hydrogen) atoms. The third-order valence-corrected chi connectivity index (χ3v) is 4.86. The summed E-state index contributed by atoms with van der Waals surface area (Å²) < 4.78 is 5.70. The van der Waals surface area contributed by atoms with Gasteiger partial charge in [0.25, 0.3) is 0 Å². The Morgan fingerprint density at radius 1 is 1.32 bits per heavy atom. The maximum Gasteiger partial charge on any atom is 0.317 e. The molecule has 0 radical (unpaired) electrons. The second-order valence-electron chi connectivity index (χ2n) is 7.00. The minimum absolute atomic E-state index is 0.00783. The lowest BCUT2D eigenvalue weighted by Crippen LogP contribution is -2.52. The fourth-order valence-corrected chi connectivity index (χ4v) is 3.29. The van der Waals surface area contributed by atoms with E-state index in [1.54, 1.807) is 0 Å². The Morgan fingerprint density at radius 2 is 2.12 bits per heavy atom. The fraction of sp³-hybridized carbons (Fsp3) is 0.667. The Hall–Kier alpha value is -1.86. The summed E-state index contributed by atoms with van der Waals surface area (Å²) >= 11 is 0. The van der Waals surface area contributed by atoms with Gasteiger partial charge in [-0.3, -0.25) is 4.90 Å². The van der Waals surface area contributed by atoms with E-state index in [4.69, 9.17) is 4.74 Å². The number of nitrogens with one attached hydrogen (secondary N) is 1. The number of carbonyl (C=O) groups is 1. The number of urea groups is 1. The van der Waals surface area contributed by atoms with Gasteiger partial charge in [0.1, 0.15) is 5.82 Å². The van der Waals surface area contributed by atoms with Gasteiger partial charge in [-0.2, -0.15) is 0 Å². The SMILES string of the molecule is CN(C)c1ccc(CNC(=O)N2CCN(C[C@H]3CCCO3)CC2)cn1. The first kappa shape index (κ1) is 17.9. The van der Waals surface area contributed by atoms with Crippen LogP contribution in [0.3, 0.4) is 0 Å². The van der Waals surface area contributed by atoms with Crippen LogP contribution in [0, 0.1) is 0 Å². The van der Waals surface area contributed by atoms with E-state index >= 15 is 0 Å². The first-order valence-electron chi connectivity index (χ1n) is 9.11. The van der Waals surface area contributed by atoms with Crippen LogP contribution in [0.1, 0.15) is 18.4 Å². The number of amides is 2. The second-order valence-corrected chi connectivity index (χ2v) is 7.00. The van der Waals surface area contributed by atoms with Crippen LogP contribution in [0.5, 0.6) is 0 Å². The van der Waals surface area contributed by atoms with Crippen LogP contribution in [0.25, 0.3) is 0 Å². The van der Waals surface area contributed by atoms with Gasteiger partial charge >= 0.3 is 6.03 Å². The topological polar surface area (TPSA) is 60.9 Å². The van der Waals surface area contributed by atoms with Crippen molar-refractivity contribution < 1.29 is 9.53 Å². The molecule has 0 saturated carbocycles. The molecular formula is C18H29N5O2. The minimum Gasteiger partial charge on any atom is -0.377 e. The molecule has 7 heteroatoms. The molecular weight excluding hydrogens is 318 g/mol. The number of rotatable bonds is 5. The highest BCUT2D eigenvalue weighted by Crippen LogP contribution is 2.14. The van der Waals surface area contributed by atoms with Crippen LogP contribution < -0.4 is 10.2 Å². The van der Waals surface area contributed by atoms with Crippen molar-refractivity contribution in [2.45, 2.75) is 25.5 Å². The van der Waals surface area contributed by atoms with Gasteiger partial charge in [-0.25, -0.2) is 9.78 Å². The molecule has 2 fully saturated rings. The zero-order chi connectivity index (χ0) is 17.6. The number of anilines is 1. The molecule has 1 aromatic heterocycles. The van der Waals surface area contributed by atoms with Crippen LogP contribution in [-0.4, -0.2) is 80.3 Å². The van der Waals surface area contributed by atoms with Gasteiger partial charge < -0.3 is 19.9 Å². The van der Waals surface area contributed by atoms with Gasteiger partial charge in [0.2, 0.25) is 0 Å². The molecule has 0 aliphatic carbocycles. The average Bonchev–Trinajstić information content (AvgIpc) is 3.13.